The van der Waals surface area contributed by atoms with E-state index < -0.39 is 5.60 Å². The number of carbonyl (C=O) groups is 1. The Morgan fingerprint density at radius 1 is 1.18 bits per heavy atom. The van der Waals surface area contributed by atoms with Crippen molar-refractivity contribution in [3.05, 3.63) is 35.9 Å². The van der Waals surface area contributed by atoms with Crippen LogP contribution in [-0.4, -0.2) is 22.7 Å². The minimum absolute atomic E-state index is 0.0733. The zero-order chi connectivity index (χ0) is 15.7. The highest BCUT2D eigenvalue weighted by Crippen LogP contribution is 2.41. The maximum absolute atomic E-state index is 12.4. The molecule has 1 aromatic rings. The number of rotatable bonds is 3. The molecule has 2 N–H and O–H groups in total. The molecule has 1 aromatic carbocycles. The van der Waals surface area contributed by atoms with Gasteiger partial charge in [-0.05, 0) is 63.4 Å². The lowest BCUT2D eigenvalue weighted by molar-refractivity contribution is -0.131. The third-order valence-corrected chi connectivity index (χ3v) is 5.59. The van der Waals surface area contributed by atoms with Crippen LogP contribution in [0.3, 0.4) is 0 Å². The summed E-state index contributed by atoms with van der Waals surface area (Å²) < 4.78 is 0. The van der Waals surface area contributed by atoms with Crippen LogP contribution in [0.4, 0.5) is 0 Å². The summed E-state index contributed by atoms with van der Waals surface area (Å²) in [6, 6.07) is 10.6. The maximum atomic E-state index is 12.4. The third-order valence-electron chi connectivity index (χ3n) is 5.59. The van der Waals surface area contributed by atoms with Crippen LogP contribution in [0.5, 0.6) is 0 Å². The Balaban J connectivity index is 1.67. The van der Waals surface area contributed by atoms with Crippen molar-refractivity contribution in [3.8, 4) is 0 Å². The quantitative estimate of drug-likeness (QED) is 0.902. The number of piperidine rings is 1. The first-order valence-electron chi connectivity index (χ1n) is 8.50. The van der Waals surface area contributed by atoms with Gasteiger partial charge in [0.05, 0.1) is 5.60 Å². The Morgan fingerprint density at radius 2 is 1.91 bits per heavy atom. The van der Waals surface area contributed by atoms with E-state index in [-0.39, 0.29) is 11.8 Å². The van der Waals surface area contributed by atoms with Crippen LogP contribution >= 0.6 is 0 Å². The molecule has 120 valence electrons. The fourth-order valence-corrected chi connectivity index (χ4v) is 4.20. The van der Waals surface area contributed by atoms with E-state index >= 15 is 0 Å². The first-order chi connectivity index (χ1) is 10.4. The zero-order valence-electron chi connectivity index (χ0n) is 13.6. The third kappa shape index (κ3) is 3.35. The van der Waals surface area contributed by atoms with Crippen molar-refractivity contribution < 1.29 is 9.90 Å². The van der Waals surface area contributed by atoms with Gasteiger partial charge in [0, 0.05) is 12.0 Å². The van der Waals surface area contributed by atoms with Gasteiger partial charge in [-0.15, -0.1) is 0 Å². The summed E-state index contributed by atoms with van der Waals surface area (Å²) >= 11 is 0. The van der Waals surface area contributed by atoms with Gasteiger partial charge in [0.25, 0.3) is 0 Å². The molecule has 1 aliphatic carbocycles. The van der Waals surface area contributed by atoms with Crippen molar-refractivity contribution in [2.24, 2.45) is 17.8 Å². The van der Waals surface area contributed by atoms with Gasteiger partial charge in [0.2, 0.25) is 5.91 Å². The summed E-state index contributed by atoms with van der Waals surface area (Å²) in [6.45, 7) is 3.84. The SMILES string of the molecule is CC(C)(O)C1CCC2NC(=O)C(Cc3ccccc3)CC2C1. The smallest absolute Gasteiger partial charge is 0.223 e. The number of hydrogen-bond acceptors (Lipinski definition) is 2. The van der Waals surface area contributed by atoms with E-state index in [4.69, 9.17) is 0 Å². The van der Waals surface area contributed by atoms with Gasteiger partial charge < -0.3 is 10.4 Å². The lowest BCUT2D eigenvalue weighted by atomic mass is 9.67. The average molecular weight is 301 g/mol. The van der Waals surface area contributed by atoms with Crippen LogP contribution in [0.2, 0.25) is 0 Å². The van der Waals surface area contributed by atoms with Crippen LogP contribution < -0.4 is 5.32 Å². The predicted octanol–water partition coefficient (Wildman–Crippen LogP) is 2.92. The Kier molecular flexibility index (Phi) is 4.26. The normalized spacial score (nSPS) is 32.2. The van der Waals surface area contributed by atoms with Crippen molar-refractivity contribution in [1.82, 2.24) is 5.32 Å². The van der Waals surface area contributed by atoms with E-state index in [1.165, 1.54) is 5.56 Å². The highest BCUT2D eigenvalue weighted by atomic mass is 16.3. The monoisotopic (exact) mass is 301 g/mol. The first-order valence-corrected chi connectivity index (χ1v) is 8.50. The van der Waals surface area contributed by atoms with Gasteiger partial charge in [-0.2, -0.15) is 0 Å². The second-order valence-corrected chi connectivity index (χ2v) is 7.66. The fraction of sp³-hybridized carbons (Fsp3) is 0.632. The largest absolute Gasteiger partial charge is 0.390 e. The molecule has 0 aromatic heterocycles. The summed E-state index contributed by atoms with van der Waals surface area (Å²) in [4.78, 5) is 12.4. The van der Waals surface area contributed by atoms with Crippen LogP contribution in [0, 0.1) is 17.8 Å². The second kappa shape index (κ2) is 6.04. The average Bonchev–Trinajstić information content (AvgIpc) is 2.47. The van der Waals surface area contributed by atoms with Crippen molar-refractivity contribution in [2.45, 2.75) is 57.6 Å². The molecular weight excluding hydrogens is 274 g/mol. The van der Waals surface area contributed by atoms with Crippen molar-refractivity contribution >= 4 is 5.91 Å². The van der Waals surface area contributed by atoms with Gasteiger partial charge in [-0.3, -0.25) is 4.79 Å². The summed E-state index contributed by atoms with van der Waals surface area (Å²) in [5, 5.41) is 13.5. The maximum Gasteiger partial charge on any atom is 0.223 e. The molecule has 0 radical (unpaired) electrons. The number of benzene rings is 1. The molecule has 1 saturated carbocycles. The molecule has 0 spiro atoms. The van der Waals surface area contributed by atoms with E-state index in [1.807, 2.05) is 32.0 Å². The molecule has 1 heterocycles. The van der Waals surface area contributed by atoms with Gasteiger partial charge in [-0.1, -0.05) is 30.3 Å². The Morgan fingerprint density at radius 3 is 2.59 bits per heavy atom. The summed E-state index contributed by atoms with van der Waals surface area (Å²) in [5.41, 5.74) is 0.623. The number of fused-ring (bicyclic) bond motifs is 1. The zero-order valence-corrected chi connectivity index (χ0v) is 13.6. The number of nitrogens with one attached hydrogen (secondary N) is 1. The molecule has 2 fully saturated rings. The molecule has 22 heavy (non-hydrogen) atoms. The Bertz CT molecular complexity index is 520. The number of aliphatic hydroxyl groups is 1. The number of amides is 1. The highest BCUT2D eigenvalue weighted by Gasteiger charge is 2.42. The molecule has 3 heteroatoms. The molecule has 3 nitrogen and oxygen atoms in total. The van der Waals surface area contributed by atoms with Crippen molar-refractivity contribution in [3.63, 3.8) is 0 Å². The Labute approximate surface area is 133 Å². The van der Waals surface area contributed by atoms with E-state index in [0.29, 0.717) is 17.9 Å². The lowest BCUT2D eigenvalue weighted by Crippen LogP contribution is -2.53. The predicted molar refractivity (Wildman–Crippen MR) is 87.3 cm³/mol. The van der Waals surface area contributed by atoms with E-state index in [9.17, 15) is 9.90 Å². The summed E-state index contributed by atoms with van der Waals surface area (Å²) in [6.07, 6.45) is 4.82. The molecule has 3 rings (SSSR count). The molecule has 0 bridgehead atoms. The van der Waals surface area contributed by atoms with Crippen molar-refractivity contribution in [2.75, 3.05) is 0 Å². The van der Waals surface area contributed by atoms with Gasteiger partial charge >= 0.3 is 0 Å². The van der Waals surface area contributed by atoms with E-state index in [1.54, 1.807) is 0 Å². The van der Waals surface area contributed by atoms with Crippen LogP contribution in [0.1, 0.15) is 45.1 Å². The summed E-state index contributed by atoms with van der Waals surface area (Å²) in [7, 11) is 0. The molecule has 4 unspecified atom stereocenters. The van der Waals surface area contributed by atoms with Crippen LogP contribution in [-0.2, 0) is 11.2 Å². The van der Waals surface area contributed by atoms with Crippen molar-refractivity contribution in [1.29, 1.82) is 0 Å². The molecule has 1 amide bonds. The Hall–Kier alpha value is -1.35. The van der Waals surface area contributed by atoms with Gasteiger partial charge in [0.1, 0.15) is 0 Å². The molecule has 4 atom stereocenters. The van der Waals surface area contributed by atoms with Gasteiger partial charge in [-0.25, -0.2) is 0 Å². The topological polar surface area (TPSA) is 49.3 Å². The molecule has 1 aliphatic heterocycles. The number of hydrogen-bond donors (Lipinski definition) is 2. The fourth-order valence-electron chi connectivity index (χ4n) is 4.20. The first kappa shape index (κ1) is 15.5. The van der Waals surface area contributed by atoms with Gasteiger partial charge in [0.15, 0.2) is 0 Å². The highest BCUT2D eigenvalue weighted by molar-refractivity contribution is 5.80. The van der Waals surface area contributed by atoms with E-state index in [0.717, 1.165) is 32.1 Å². The number of carbonyl (C=O) groups excluding carboxylic acids is 1. The molecule has 1 saturated heterocycles. The second-order valence-electron chi connectivity index (χ2n) is 7.66. The standard InChI is InChI=1S/C19H27NO2/c1-19(2,22)16-8-9-17-14(12-16)11-15(18(21)20-17)10-13-6-4-3-5-7-13/h3-7,14-17,22H,8-12H2,1-2H3,(H,20,21). The summed E-state index contributed by atoms with van der Waals surface area (Å²) in [5.74, 6) is 1.15. The lowest BCUT2D eigenvalue weighted by Gasteiger charge is -2.45. The minimum atomic E-state index is -0.610. The van der Waals surface area contributed by atoms with E-state index in [2.05, 4.69) is 17.4 Å². The molecule has 2 aliphatic rings. The van der Waals surface area contributed by atoms with Crippen LogP contribution in [0.25, 0.3) is 0 Å². The van der Waals surface area contributed by atoms with Crippen LogP contribution in [0.15, 0.2) is 30.3 Å². The minimum Gasteiger partial charge on any atom is -0.390 e. The molecular formula is C19H27NO2.